The molecule has 1 aromatic carbocycles. The fourth-order valence-electron chi connectivity index (χ4n) is 2.15. The first-order valence-corrected chi connectivity index (χ1v) is 6.52. The molecule has 1 aliphatic rings. The predicted octanol–water partition coefficient (Wildman–Crippen LogP) is 1.24. The van der Waals surface area contributed by atoms with Crippen LogP contribution in [0.25, 0.3) is 11.0 Å². The molecule has 1 amide bonds. The van der Waals surface area contributed by atoms with E-state index in [-0.39, 0.29) is 11.0 Å². The summed E-state index contributed by atoms with van der Waals surface area (Å²) in [6.07, 6.45) is 5.01. The Morgan fingerprint density at radius 3 is 2.55 bits per heavy atom. The number of nitrogens with zero attached hydrogens (tertiary/aromatic N) is 2. The van der Waals surface area contributed by atoms with E-state index in [1.54, 1.807) is 0 Å². The van der Waals surface area contributed by atoms with Gasteiger partial charge in [0, 0.05) is 30.4 Å². The van der Waals surface area contributed by atoms with E-state index in [0.717, 1.165) is 12.8 Å². The average molecular weight is 274 g/mol. The Balaban J connectivity index is 1.82. The third kappa shape index (κ3) is 2.34. The van der Waals surface area contributed by atoms with Crippen molar-refractivity contribution in [2.75, 3.05) is 13.1 Å². The molecule has 0 saturated heterocycles. The smallest absolute Gasteiger partial charge is 0.254 e. The molecule has 0 unspecified atom stereocenters. The van der Waals surface area contributed by atoms with Gasteiger partial charge in [-0.2, -0.15) is 0 Å². The number of carbonyl (C=O) groups excluding carboxylic acids is 1. The van der Waals surface area contributed by atoms with Gasteiger partial charge in [-0.25, -0.2) is 4.39 Å². The van der Waals surface area contributed by atoms with Gasteiger partial charge in [0.25, 0.3) is 5.91 Å². The zero-order valence-electron chi connectivity index (χ0n) is 10.9. The van der Waals surface area contributed by atoms with Gasteiger partial charge in [-0.05, 0) is 25.5 Å². The van der Waals surface area contributed by atoms with Gasteiger partial charge in [-0.15, -0.1) is 0 Å². The molecule has 5 nitrogen and oxygen atoms in total. The van der Waals surface area contributed by atoms with Crippen LogP contribution in [0.2, 0.25) is 0 Å². The van der Waals surface area contributed by atoms with Crippen LogP contribution in [-0.4, -0.2) is 29.0 Å². The number of nitrogens with two attached hydrogens (primary N) is 1. The summed E-state index contributed by atoms with van der Waals surface area (Å²) in [6, 6.07) is 2.65. The molecule has 6 heteroatoms. The van der Waals surface area contributed by atoms with Crippen molar-refractivity contribution >= 4 is 16.9 Å². The van der Waals surface area contributed by atoms with Crippen LogP contribution in [0, 0.1) is 11.2 Å². The lowest BCUT2D eigenvalue weighted by Crippen LogP contribution is -2.34. The summed E-state index contributed by atoms with van der Waals surface area (Å²) in [4.78, 5) is 20.1. The van der Waals surface area contributed by atoms with Crippen LogP contribution in [-0.2, 0) is 0 Å². The van der Waals surface area contributed by atoms with Gasteiger partial charge in [0.15, 0.2) is 0 Å². The lowest BCUT2D eigenvalue weighted by Gasteiger charge is -2.13. The molecule has 3 rings (SSSR count). The molecule has 20 heavy (non-hydrogen) atoms. The summed E-state index contributed by atoms with van der Waals surface area (Å²) >= 11 is 0. The van der Waals surface area contributed by atoms with E-state index in [1.807, 2.05) is 0 Å². The number of aromatic nitrogens is 2. The maximum atomic E-state index is 13.9. The Bertz CT molecular complexity index is 669. The van der Waals surface area contributed by atoms with E-state index in [9.17, 15) is 9.18 Å². The van der Waals surface area contributed by atoms with Crippen molar-refractivity contribution in [1.82, 2.24) is 15.3 Å². The Morgan fingerprint density at radius 2 is 1.95 bits per heavy atom. The summed E-state index contributed by atoms with van der Waals surface area (Å²) < 4.78 is 13.9. The Kier molecular flexibility index (Phi) is 3.10. The third-order valence-corrected chi connectivity index (χ3v) is 3.82. The normalized spacial score (nSPS) is 16.1. The summed E-state index contributed by atoms with van der Waals surface area (Å²) in [5, 5.41) is 2.75. The molecule has 1 fully saturated rings. The number of benzene rings is 1. The predicted molar refractivity (Wildman–Crippen MR) is 72.6 cm³/mol. The maximum absolute atomic E-state index is 13.9. The third-order valence-electron chi connectivity index (χ3n) is 3.82. The summed E-state index contributed by atoms with van der Waals surface area (Å²) in [5.41, 5.74) is 6.59. The number of nitrogens with one attached hydrogen (secondary N) is 1. The highest BCUT2D eigenvalue weighted by atomic mass is 19.1. The van der Waals surface area contributed by atoms with Crippen molar-refractivity contribution in [2.24, 2.45) is 11.1 Å². The SMILES string of the molecule is NCC1(CNC(=O)c2cc3nccnc3cc2F)CC1. The number of rotatable bonds is 4. The van der Waals surface area contributed by atoms with Gasteiger partial charge in [0.2, 0.25) is 0 Å². The quantitative estimate of drug-likeness (QED) is 0.879. The standard InChI is InChI=1S/C14H15FN4O/c15-10-6-12-11(17-3-4-18-12)5-9(10)13(20)19-8-14(7-16)1-2-14/h3-6H,1-2,7-8,16H2,(H,19,20). The molecule has 0 bridgehead atoms. The minimum Gasteiger partial charge on any atom is -0.351 e. The summed E-state index contributed by atoms with van der Waals surface area (Å²) in [5.74, 6) is -1.03. The Labute approximate surface area is 115 Å². The average Bonchev–Trinajstić information content (AvgIpc) is 3.25. The van der Waals surface area contributed by atoms with Crippen molar-refractivity contribution in [2.45, 2.75) is 12.8 Å². The second-order valence-electron chi connectivity index (χ2n) is 5.26. The Hall–Kier alpha value is -2.08. The lowest BCUT2D eigenvalue weighted by molar-refractivity contribution is 0.0941. The Morgan fingerprint density at radius 1 is 1.30 bits per heavy atom. The highest BCUT2D eigenvalue weighted by Gasteiger charge is 2.41. The van der Waals surface area contributed by atoms with Crippen molar-refractivity contribution in [1.29, 1.82) is 0 Å². The van der Waals surface area contributed by atoms with Crippen LogP contribution in [0.15, 0.2) is 24.5 Å². The molecule has 3 N–H and O–H groups in total. The first-order valence-electron chi connectivity index (χ1n) is 6.52. The second kappa shape index (κ2) is 4.79. The fourth-order valence-corrected chi connectivity index (χ4v) is 2.15. The fraction of sp³-hybridized carbons (Fsp3) is 0.357. The van der Waals surface area contributed by atoms with E-state index in [1.165, 1.54) is 24.5 Å². The zero-order chi connectivity index (χ0) is 14.2. The molecule has 1 aliphatic carbocycles. The second-order valence-corrected chi connectivity index (χ2v) is 5.26. The van der Waals surface area contributed by atoms with Crippen molar-refractivity contribution in [3.05, 3.63) is 35.9 Å². The van der Waals surface area contributed by atoms with Crippen LogP contribution in [0.1, 0.15) is 23.2 Å². The minimum atomic E-state index is -0.590. The van der Waals surface area contributed by atoms with Crippen LogP contribution in [0.4, 0.5) is 4.39 Å². The molecule has 0 atom stereocenters. The maximum Gasteiger partial charge on any atom is 0.254 e. The van der Waals surface area contributed by atoms with Crippen LogP contribution in [0.3, 0.4) is 0 Å². The molecule has 1 saturated carbocycles. The number of halogens is 1. The molecule has 0 aliphatic heterocycles. The first kappa shape index (κ1) is 12.9. The zero-order valence-corrected chi connectivity index (χ0v) is 10.9. The number of hydrogen-bond acceptors (Lipinski definition) is 4. The topological polar surface area (TPSA) is 80.9 Å². The van der Waals surface area contributed by atoms with E-state index in [2.05, 4.69) is 15.3 Å². The highest BCUT2D eigenvalue weighted by molar-refractivity contribution is 5.97. The number of amides is 1. The van der Waals surface area contributed by atoms with E-state index < -0.39 is 11.7 Å². The van der Waals surface area contributed by atoms with Gasteiger partial charge in [-0.3, -0.25) is 14.8 Å². The van der Waals surface area contributed by atoms with E-state index in [0.29, 0.717) is 24.1 Å². The molecule has 104 valence electrons. The first-order chi connectivity index (χ1) is 9.63. The largest absolute Gasteiger partial charge is 0.351 e. The van der Waals surface area contributed by atoms with E-state index in [4.69, 9.17) is 5.73 Å². The van der Waals surface area contributed by atoms with Gasteiger partial charge in [-0.1, -0.05) is 0 Å². The van der Waals surface area contributed by atoms with Gasteiger partial charge in [0.05, 0.1) is 16.6 Å². The molecule has 1 aromatic heterocycles. The van der Waals surface area contributed by atoms with Gasteiger partial charge >= 0.3 is 0 Å². The molecular weight excluding hydrogens is 259 g/mol. The number of carbonyl (C=O) groups is 1. The van der Waals surface area contributed by atoms with Gasteiger partial charge < -0.3 is 11.1 Å². The van der Waals surface area contributed by atoms with Crippen LogP contribution >= 0.6 is 0 Å². The molecule has 1 heterocycles. The van der Waals surface area contributed by atoms with Crippen molar-refractivity contribution in [3.8, 4) is 0 Å². The van der Waals surface area contributed by atoms with Crippen LogP contribution in [0.5, 0.6) is 0 Å². The summed E-state index contributed by atoms with van der Waals surface area (Å²) in [7, 11) is 0. The monoisotopic (exact) mass is 274 g/mol. The number of fused-ring (bicyclic) bond motifs is 1. The van der Waals surface area contributed by atoms with Crippen LogP contribution < -0.4 is 11.1 Å². The molecular formula is C14H15FN4O. The van der Waals surface area contributed by atoms with E-state index >= 15 is 0 Å². The molecule has 0 spiro atoms. The van der Waals surface area contributed by atoms with Gasteiger partial charge in [0.1, 0.15) is 5.82 Å². The lowest BCUT2D eigenvalue weighted by atomic mass is 10.1. The molecule has 2 aromatic rings. The van der Waals surface area contributed by atoms with Crippen molar-refractivity contribution in [3.63, 3.8) is 0 Å². The number of hydrogen-bond donors (Lipinski definition) is 2. The molecule has 0 radical (unpaired) electrons. The highest BCUT2D eigenvalue weighted by Crippen LogP contribution is 2.43. The summed E-state index contributed by atoms with van der Waals surface area (Å²) in [6.45, 7) is 1.03. The minimum absolute atomic E-state index is 0.00850. The van der Waals surface area contributed by atoms with Crippen molar-refractivity contribution < 1.29 is 9.18 Å².